The Morgan fingerprint density at radius 2 is 1.52 bits per heavy atom. The van der Waals surface area contributed by atoms with E-state index in [1.807, 2.05) is 0 Å². The van der Waals surface area contributed by atoms with Crippen LogP contribution in [-0.2, 0) is 4.79 Å². The molecule has 1 aliphatic rings. The van der Waals surface area contributed by atoms with Crippen LogP contribution in [0, 0.1) is 11.8 Å². The summed E-state index contributed by atoms with van der Waals surface area (Å²) in [6.45, 7) is 0. The van der Waals surface area contributed by atoms with E-state index in [-0.39, 0.29) is 12.8 Å². The molecule has 23 heavy (non-hydrogen) atoms. The molecule has 0 aromatic heterocycles. The number of halogens is 3. The van der Waals surface area contributed by atoms with Gasteiger partial charge < -0.3 is 16.4 Å². The average Bonchev–Trinajstić information content (AvgIpc) is 2.48. The van der Waals surface area contributed by atoms with Gasteiger partial charge in [-0.2, -0.15) is 13.2 Å². The maximum absolute atomic E-state index is 13.0. The molecule has 0 unspecified atom stereocenters. The Morgan fingerprint density at radius 3 is 2.04 bits per heavy atom. The molecule has 1 aromatic carbocycles. The maximum Gasteiger partial charge on any atom is 0.392 e. The number of carbonyl (C=O) groups is 2. The van der Waals surface area contributed by atoms with E-state index in [2.05, 4.69) is 10.6 Å². The van der Waals surface area contributed by atoms with Crippen molar-refractivity contribution >= 4 is 23.3 Å². The molecule has 5 nitrogen and oxygen atoms in total. The summed E-state index contributed by atoms with van der Waals surface area (Å²) < 4.78 is 39.1. The van der Waals surface area contributed by atoms with Crippen molar-refractivity contribution in [3.8, 4) is 0 Å². The molecule has 4 N–H and O–H groups in total. The summed E-state index contributed by atoms with van der Waals surface area (Å²) in [6.07, 6.45) is -3.04. The molecule has 2 atom stereocenters. The predicted octanol–water partition coefficient (Wildman–Crippen LogP) is 3.48. The lowest BCUT2D eigenvalue weighted by Gasteiger charge is -2.32. The zero-order valence-corrected chi connectivity index (χ0v) is 12.3. The minimum atomic E-state index is -4.36. The zero-order valence-electron chi connectivity index (χ0n) is 12.3. The standard InChI is InChI=1S/C15H18F3N3O2/c16-15(17,18)12-4-2-1-3-11(12)13(22)20-9-5-7-10(8-6-9)21-14(19)23/h5-8,11-12H,1-4H2,(H,20,22)(H3,19,21,23)/t11-,12+/m0/s1. The predicted molar refractivity (Wildman–Crippen MR) is 79.8 cm³/mol. The Labute approximate surface area is 131 Å². The minimum Gasteiger partial charge on any atom is -0.351 e. The molecule has 0 radical (unpaired) electrons. The van der Waals surface area contributed by atoms with E-state index >= 15 is 0 Å². The summed E-state index contributed by atoms with van der Waals surface area (Å²) >= 11 is 0. The van der Waals surface area contributed by atoms with Crippen LogP contribution < -0.4 is 16.4 Å². The topological polar surface area (TPSA) is 84.2 Å². The van der Waals surface area contributed by atoms with Crippen LogP contribution in [0.15, 0.2) is 24.3 Å². The van der Waals surface area contributed by atoms with Crippen molar-refractivity contribution in [3.05, 3.63) is 24.3 Å². The van der Waals surface area contributed by atoms with Gasteiger partial charge in [0.25, 0.3) is 0 Å². The highest BCUT2D eigenvalue weighted by atomic mass is 19.4. The third-order valence-electron chi connectivity index (χ3n) is 3.94. The van der Waals surface area contributed by atoms with E-state index in [0.717, 1.165) is 0 Å². The van der Waals surface area contributed by atoms with Crippen LogP contribution in [0.1, 0.15) is 25.7 Å². The molecule has 2 rings (SSSR count). The molecule has 0 spiro atoms. The third-order valence-corrected chi connectivity index (χ3v) is 3.94. The summed E-state index contributed by atoms with van der Waals surface area (Å²) in [4.78, 5) is 22.9. The fraction of sp³-hybridized carbons (Fsp3) is 0.467. The number of nitrogens with one attached hydrogen (secondary N) is 2. The van der Waals surface area contributed by atoms with Gasteiger partial charge >= 0.3 is 12.2 Å². The molecule has 0 saturated heterocycles. The highest BCUT2D eigenvalue weighted by Gasteiger charge is 2.47. The number of amides is 3. The second-order valence-electron chi connectivity index (χ2n) is 5.59. The monoisotopic (exact) mass is 329 g/mol. The largest absolute Gasteiger partial charge is 0.392 e. The quantitative estimate of drug-likeness (QED) is 0.793. The third kappa shape index (κ3) is 4.61. The van der Waals surface area contributed by atoms with E-state index in [4.69, 9.17) is 5.73 Å². The number of primary amides is 1. The van der Waals surface area contributed by atoms with E-state index in [1.165, 1.54) is 24.3 Å². The van der Waals surface area contributed by atoms with Crippen LogP contribution in [0.3, 0.4) is 0 Å². The summed E-state index contributed by atoms with van der Waals surface area (Å²) in [6, 6.07) is 5.27. The van der Waals surface area contributed by atoms with Gasteiger partial charge in [-0.05, 0) is 37.1 Å². The van der Waals surface area contributed by atoms with Gasteiger partial charge in [-0.3, -0.25) is 4.79 Å². The minimum absolute atomic E-state index is 0.0109. The van der Waals surface area contributed by atoms with Crippen molar-refractivity contribution in [3.63, 3.8) is 0 Å². The Balaban J connectivity index is 2.03. The lowest BCUT2D eigenvalue weighted by atomic mass is 9.78. The fourth-order valence-electron chi connectivity index (χ4n) is 2.85. The van der Waals surface area contributed by atoms with Crippen molar-refractivity contribution in [2.75, 3.05) is 10.6 Å². The number of hydrogen-bond donors (Lipinski definition) is 3. The molecule has 1 aliphatic carbocycles. The summed E-state index contributed by atoms with van der Waals surface area (Å²) in [5.74, 6) is -3.28. The van der Waals surface area contributed by atoms with Gasteiger partial charge in [0.1, 0.15) is 0 Å². The average molecular weight is 329 g/mol. The Kier molecular flexibility index (Phi) is 5.12. The highest BCUT2D eigenvalue weighted by Crippen LogP contribution is 2.41. The summed E-state index contributed by atoms with van der Waals surface area (Å²) in [7, 11) is 0. The molecule has 0 aliphatic heterocycles. The number of hydrogen-bond acceptors (Lipinski definition) is 2. The number of carbonyl (C=O) groups excluding carboxylic acids is 2. The van der Waals surface area contributed by atoms with Crippen LogP contribution in [0.2, 0.25) is 0 Å². The first-order valence-electron chi connectivity index (χ1n) is 7.31. The first kappa shape index (κ1) is 17.1. The van der Waals surface area contributed by atoms with Gasteiger partial charge in [-0.1, -0.05) is 12.8 Å². The second kappa shape index (κ2) is 6.89. The van der Waals surface area contributed by atoms with Gasteiger partial charge in [0.2, 0.25) is 5.91 Å². The number of anilines is 2. The van der Waals surface area contributed by atoms with E-state index in [9.17, 15) is 22.8 Å². The van der Waals surface area contributed by atoms with E-state index in [0.29, 0.717) is 24.2 Å². The van der Waals surface area contributed by atoms with Crippen LogP contribution in [0.5, 0.6) is 0 Å². The van der Waals surface area contributed by atoms with Crippen molar-refractivity contribution in [2.45, 2.75) is 31.9 Å². The molecular weight excluding hydrogens is 311 g/mol. The highest BCUT2D eigenvalue weighted by molar-refractivity contribution is 5.93. The molecular formula is C15H18F3N3O2. The Bertz CT molecular complexity index is 572. The normalized spacial score (nSPS) is 21.5. The van der Waals surface area contributed by atoms with Gasteiger partial charge in [0.15, 0.2) is 0 Å². The lowest BCUT2D eigenvalue weighted by Crippen LogP contribution is -2.39. The first-order chi connectivity index (χ1) is 10.8. The van der Waals surface area contributed by atoms with Crippen molar-refractivity contribution < 1.29 is 22.8 Å². The molecule has 126 valence electrons. The Hall–Kier alpha value is -2.25. The number of nitrogens with two attached hydrogens (primary N) is 1. The number of urea groups is 1. The summed E-state index contributed by atoms with van der Waals surface area (Å²) in [5, 5.41) is 4.86. The van der Waals surface area contributed by atoms with Crippen molar-refractivity contribution in [1.29, 1.82) is 0 Å². The Morgan fingerprint density at radius 1 is 1.00 bits per heavy atom. The zero-order chi connectivity index (χ0) is 17.0. The number of rotatable bonds is 3. The van der Waals surface area contributed by atoms with E-state index < -0.39 is 30.0 Å². The molecule has 8 heteroatoms. The maximum atomic E-state index is 13.0. The van der Waals surface area contributed by atoms with Crippen molar-refractivity contribution in [1.82, 2.24) is 0 Å². The smallest absolute Gasteiger partial charge is 0.351 e. The molecule has 0 heterocycles. The van der Waals surface area contributed by atoms with Crippen LogP contribution in [0.25, 0.3) is 0 Å². The lowest BCUT2D eigenvalue weighted by molar-refractivity contribution is -0.197. The molecule has 1 fully saturated rings. The van der Waals surface area contributed by atoms with Crippen molar-refractivity contribution in [2.24, 2.45) is 17.6 Å². The molecule has 1 saturated carbocycles. The fourth-order valence-corrected chi connectivity index (χ4v) is 2.85. The molecule has 1 aromatic rings. The van der Waals surface area contributed by atoms with Gasteiger partial charge in [-0.15, -0.1) is 0 Å². The van der Waals surface area contributed by atoms with Crippen LogP contribution in [-0.4, -0.2) is 18.1 Å². The molecule has 3 amide bonds. The van der Waals surface area contributed by atoms with Crippen LogP contribution >= 0.6 is 0 Å². The number of alkyl halides is 3. The van der Waals surface area contributed by atoms with E-state index in [1.54, 1.807) is 0 Å². The molecule has 0 bridgehead atoms. The van der Waals surface area contributed by atoms with Gasteiger partial charge in [-0.25, -0.2) is 4.79 Å². The van der Waals surface area contributed by atoms with Crippen LogP contribution in [0.4, 0.5) is 29.3 Å². The SMILES string of the molecule is NC(=O)Nc1ccc(NC(=O)[C@H]2CCCC[C@H]2C(F)(F)F)cc1. The summed E-state index contributed by atoms with van der Waals surface area (Å²) in [5.41, 5.74) is 5.77. The van der Waals surface area contributed by atoms with Gasteiger partial charge in [0.05, 0.1) is 5.92 Å². The number of benzene rings is 1. The second-order valence-corrected chi connectivity index (χ2v) is 5.59. The first-order valence-corrected chi connectivity index (χ1v) is 7.31. The van der Waals surface area contributed by atoms with Gasteiger partial charge in [0, 0.05) is 17.3 Å².